The number of aryl methyl sites for hydroxylation is 1. The third kappa shape index (κ3) is 3.71. The van der Waals surface area contributed by atoms with Crippen LogP contribution in [-0.4, -0.2) is 15.9 Å². The third-order valence-electron chi connectivity index (χ3n) is 4.63. The maximum Gasteiger partial charge on any atom is 0.417 e. The van der Waals surface area contributed by atoms with Gasteiger partial charge in [-0.3, -0.25) is 9.78 Å². The lowest BCUT2D eigenvalue weighted by atomic mass is 10.0. The number of fused-ring (bicyclic) bond motifs is 1. The van der Waals surface area contributed by atoms with E-state index in [1.54, 1.807) is 36.4 Å². The smallest absolute Gasteiger partial charge is 0.354 e. The first-order valence-electron chi connectivity index (χ1n) is 8.85. The number of nitrogens with zero attached hydrogens (tertiary/aromatic N) is 1. The number of carbonyl (C=O) groups is 1. The van der Waals surface area contributed by atoms with Gasteiger partial charge in [-0.2, -0.15) is 13.2 Å². The summed E-state index contributed by atoms with van der Waals surface area (Å²) < 4.78 is 40.1. The van der Waals surface area contributed by atoms with Gasteiger partial charge in [0.2, 0.25) is 0 Å². The lowest BCUT2D eigenvalue weighted by Gasteiger charge is -2.11. The van der Waals surface area contributed by atoms with E-state index >= 15 is 0 Å². The van der Waals surface area contributed by atoms with Crippen LogP contribution in [0.5, 0.6) is 0 Å². The van der Waals surface area contributed by atoms with E-state index in [0.29, 0.717) is 16.9 Å². The number of amides is 1. The number of anilines is 1. The Labute approximate surface area is 164 Å². The van der Waals surface area contributed by atoms with Gasteiger partial charge in [0.1, 0.15) is 5.69 Å². The molecule has 2 aromatic carbocycles. The van der Waals surface area contributed by atoms with Gasteiger partial charge in [-0.05, 0) is 48.9 Å². The maximum atomic E-state index is 13.4. The van der Waals surface area contributed by atoms with Gasteiger partial charge >= 0.3 is 6.18 Å². The van der Waals surface area contributed by atoms with Crippen LogP contribution in [-0.2, 0) is 6.18 Å². The summed E-state index contributed by atoms with van der Waals surface area (Å²) in [7, 11) is 0. The van der Waals surface area contributed by atoms with Crippen molar-refractivity contribution in [2.24, 2.45) is 0 Å². The molecule has 1 amide bonds. The van der Waals surface area contributed by atoms with Crippen molar-refractivity contribution in [3.63, 3.8) is 0 Å². The summed E-state index contributed by atoms with van der Waals surface area (Å²) in [6, 6.07) is 15.7. The van der Waals surface area contributed by atoms with Crippen LogP contribution in [0.15, 0.2) is 66.9 Å². The Balaban J connectivity index is 1.73. The largest absolute Gasteiger partial charge is 0.417 e. The Kier molecular flexibility index (Phi) is 4.58. The monoisotopic (exact) mass is 395 g/mol. The molecular formula is C22H16F3N3O. The summed E-state index contributed by atoms with van der Waals surface area (Å²) in [5, 5.41) is 3.56. The summed E-state index contributed by atoms with van der Waals surface area (Å²) in [6.45, 7) is 1.82. The SMILES string of the molecule is Cc1cc2cc(-c3ccccc3C(F)(F)F)[nH]c2cc1NC(=O)c1ccccn1. The van der Waals surface area contributed by atoms with Crippen LogP contribution in [0.25, 0.3) is 22.2 Å². The molecule has 0 aliphatic heterocycles. The van der Waals surface area contributed by atoms with Crippen molar-refractivity contribution >= 4 is 22.5 Å². The van der Waals surface area contributed by atoms with Crippen LogP contribution in [0.4, 0.5) is 18.9 Å². The first kappa shape index (κ1) is 18.7. The predicted octanol–water partition coefficient (Wildman–Crippen LogP) is 5.81. The number of hydrogen-bond donors (Lipinski definition) is 2. The van der Waals surface area contributed by atoms with E-state index < -0.39 is 11.7 Å². The average molecular weight is 395 g/mol. The Bertz CT molecular complexity index is 1200. The van der Waals surface area contributed by atoms with Crippen LogP contribution in [0.1, 0.15) is 21.6 Å². The topological polar surface area (TPSA) is 57.8 Å². The standard InChI is InChI=1S/C22H16F3N3O/c1-13-10-14-11-20(15-6-2-3-7-16(15)22(23,24)25)27-19(14)12-18(13)28-21(29)17-8-4-5-9-26-17/h2-12,27H,1H3,(H,28,29). The second kappa shape index (κ2) is 7.09. The van der Waals surface area contributed by atoms with E-state index in [2.05, 4.69) is 15.3 Å². The molecular weight excluding hydrogens is 379 g/mol. The van der Waals surface area contributed by atoms with Gasteiger partial charge < -0.3 is 10.3 Å². The van der Waals surface area contributed by atoms with Crippen molar-refractivity contribution in [1.29, 1.82) is 0 Å². The molecule has 0 unspecified atom stereocenters. The van der Waals surface area contributed by atoms with Gasteiger partial charge in [-0.25, -0.2) is 0 Å². The second-order valence-electron chi connectivity index (χ2n) is 6.65. The molecule has 0 saturated carbocycles. The molecule has 4 aromatic rings. The van der Waals surface area contributed by atoms with E-state index in [1.807, 2.05) is 13.0 Å². The molecule has 0 fully saturated rings. The van der Waals surface area contributed by atoms with Crippen molar-refractivity contribution in [1.82, 2.24) is 9.97 Å². The quantitative estimate of drug-likeness (QED) is 0.460. The minimum atomic E-state index is -4.45. The van der Waals surface area contributed by atoms with E-state index in [9.17, 15) is 18.0 Å². The second-order valence-corrected chi connectivity index (χ2v) is 6.65. The predicted molar refractivity (Wildman–Crippen MR) is 106 cm³/mol. The molecule has 0 aliphatic rings. The zero-order valence-electron chi connectivity index (χ0n) is 15.3. The Morgan fingerprint density at radius 1 is 1.03 bits per heavy atom. The van der Waals surface area contributed by atoms with Gasteiger partial charge in [0.15, 0.2) is 0 Å². The summed E-state index contributed by atoms with van der Waals surface area (Å²) in [5.74, 6) is -0.359. The average Bonchev–Trinajstić information content (AvgIpc) is 3.11. The molecule has 0 aliphatic carbocycles. The van der Waals surface area contributed by atoms with Gasteiger partial charge in [0.05, 0.1) is 5.56 Å². The van der Waals surface area contributed by atoms with E-state index in [1.165, 1.54) is 18.3 Å². The number of benzene rings is 2. The summed E-state index contributed by atoms with van der Waals surface area (Å²) in [5.41, 5.74) is 1.99. The van der Waals surface area contributed by atoms with Gasteiger partial charge in [0.25, 0.3) is 5.91 Å². The fourth-order valence-corrected chi connectivity index (χ4v) is 3.22. The molecule has 2 heterocycles. The third-order valence-corrected chi connectivity index (χ3v) is 4.63. The molecule has 0 radical (unpaired) electrons. The highest BCUT2D eigenvalue weighted by Gasteiger charge is 2.33. The van der Waals surface area contributed by atoms with Gasteiger partial charge in [-0.1, -0.05) is 24.3 Å². The van der Waals surface area contributed by atoms with Crippen LogP contribution in [0.2, 0.25) is 0 Å². The van der Waals surface area contributed by atoms with Crippen molar-refractivity contribution < 1.29 is 18.0 Å². The number of nitrogens with one attached hydrogen (secondary N) is 2. The number of aromatic nitrogens is 2. The van der Waals surface area contributed by atoms with Crippen LogP contribution >= 0.6 is 0 Å². The molecule has 29 heavy (non-hydrogen) atoms. The summed E-state index contributed by atoms with van der Waals surface area (Å²) in [6.07, 6.45) is -2.92. The van der Waals surface area contributed by atoms with E-state index in [-0.39, 0.29) is 17.2 Å². The van der Waals surface area contributed by atoms with Crippen molar-refractivity contribution in [3.8, 4) is 11.3 Å². The number of alkyl halides is 3. The molecule has 0 saturated heterocycles. The maximum absolute atomic E-state index is 13.4. The number of pyridine rings is 1. The summed E-state index contributed by atoms with van der Waals surface area (Å²) >= 11 is 0. The van der Waals surface area contributed by atoms with Crippen molar-refractivity contribution in [2.45, 2.75) is 13.1 Å². The van der Waals surface area contributed by atoms with Crippen molar-refractivity contribution in [3.05, 3.63) is 83.7 Å². The summed E-state index contributed by atoms with van der Waals surface area (Å²) in [4.78, 5) is 19.4. The number of hydrogen-bond acceptors (Lipinski definition) is 2. The van der Waals surface area contributed by atoms with E-state index in [4.69, 9.17) is 0 Å². The van der Waals surface area contributed by atoms with Crippen LogP contribution in [0, 0.1) is 6.92 Å². The molecule has 4 nitrogen and oxygen atoms in total. The molecule has 0 bridgehead atoms. The Morgan fingerprint density at radius 3 is 2.52 bits per heavy atom. The van der Waals surface area contributed by atoms with E-state index in [0.717, 1.165) is 17.0 Å². The zero-order valence-corrected chi connectivity index (χ0v) is 15.3. The van der Waals surface area contributed by atoms with Crippen molar-refractivity contribution in [2.75, 3.05) is 5.32 Å². The molecule has 146 valence electrons. The molecule has 2 aromatic heterocycles. The minimum absolute atomic E-state index is 0.0768. The zero-order chi connectivity index (χ0) is 20.6. The lowest BCUT2D eigenvalue weighted by molar-refractivity contribution is -0.137. The van der Waals surface area contributed by atoms with Crippen LogP contribution < -0.4 is 5.32 Å². The molecule has 0 atom stereocenters. The first-order chi connectivity index (χ1) is 13.8. The number of halogens is 3. The number of H-pyrrole nitrogens is 1. The molecule has 4 rings (SSSR count). The number of aromatic amines is 1. The molecule has 7 heteroatoms. The Morgan fingerprint density at radius 2 is 1.79 bits per heavy atom. The normalized spacial score (nSPS) is 11.6. The first-order valence-corrected chi connectivity index (χ1v) is 8.85. The van der Waals surface area contributed by atoms with Crippen LogP contribution in [0.3, 0.4) is 0 Å². The minimum Gasteiger partial charge on any atom is -0.354 e. The fraction of sp³-hybridized carbons (Fsp3) is 0.0909. The number of rotatable bonds is 3. The highest BCUT2D eigenvalue weighted by molar-refractivity contribution is 6.04. The van der Waals surface area contributed by atoms with Gasteiger partial charge in [-0.15, -0.1) is 0 Å². The van der Waals surface area contributed by atoms with Gasteiger partial charge in [0, 0.05) is 34.0 Å². The highest BCUT2D eigenvalue weighted by Crippen LogP contribution is 2.38. The fourth-order valence-electron chi connectivity index (χ4n) is 3.22. The number of carbonyl (C=O) groups excluding carboxylic acids is 1. The molecule has 0 spiro atoms. The highest BCUT2D eigenvalue weighted by atomic mass is 19.4. The molecule has 2 N–H and O–H groups in total. The Hall–Kier alpha value is -3.61. The lowest BCUT2D eigenvalue weighted by Crippen LogP contribution is -2.14.